The van der Waals surface area contributed by atoms with Gasteiger partial charge in [0.15, 0.2) is 9.84 Å². The van der Waals surface area contributed by atoms with Gasteiger partial charge in [0.2, 0.25) is 5.89 Å². The third-order valence-corrected chi connectivity index (χ3v) is 7.83. The van der Waals surface area contributed by atoms with Crippen LogP contribution < -0.4 is 0 Å². The van der Waals surface area contributed by atoms with Gasteiger partial charge in [0, 0.05) is 37.8 Å². The Hall–Kier alpha value is -2.56. The molecule has 9 nitrogen and oxygen atoms in total. The molecule has 0 radical (unpaired) electrons. The van der Waals surface area contributed by atoms with Gasteiger partial charge in [-0.15, -0.1) is 10.2 Å². The lowest BCUT2D eigenvalue weighted by Gasteiger charge is -2.37. The van der Waals surface area contributed by atoms with Crippen LogP contribution in [0.4, 0.5) is 0 Å². The summed E-state index contributed by atoms with van der Waals surface area (Å²) in [5.74, 6) is 2.20. The number of piperazine rings is 1. The average molecular weight is 444 g/mol. The number of nitrogens with zero attached hydrogens (tertiary/aromatic N) is 5. The molecule has 2 aliphatic heterocycles. The molecule has 5 rings (SSSR count). The number of aryl methyl sites for hydroxylation is 1. The van der Waals surface area contributed by atoms with Crippen molar-refractivity contribution >= 4 is 9.84 Å². The second-order valence-corrected chi connectivity index (χ2v) is 10.4. The molecule has 0 aliphatic carbocycles. The average Bonchev–Trinajstić information content (AvgIpc) is 3.47. The summed E-state index contributed by atoms with van der Waals surface area (Å²) in [4.78, 5) is 4.56. The lowest BCUT2D eigenvalue weighted by Crippen LogP contribution is -2.50. The molecule has 1 aromatic carbocycles. The summed E-state index contributed by atoms with van der Waals surface area (Å²) in [6.45, 7) is 5.79. The molecule has 31 heavy (non-hydrogen) atoms. The second kappa shape index (κ2) is 8.18. The Bertz CT molecular complexity index is 1150. The molecule has 0 saturated carbocycles. The van der Waals surface area contributed by atoms with Crippen LogP contribution in [0.1, 0.15) is 18.1 Å². The summed E-state index contributed by atoms with van der Waals surface area (Å²) in [5.41, 5.74) is 2.34. The molecular weight excluding hydrogens is 418 g/mol. The number of rotatable bonds is 5. The van der Waals surface area contributed by atoms with Crippen LogP contribution in [0.25, 0.3) is 22.7 Å². The van der Waals surface area contributed by atoms with Gasteiger partial charge in [-0.2, -0.15) is 0 Å². The molecule has 1 unspecified atom stereocenters. The summed E-state index contributed by atoms with van der Waals surface area (Å²) in [6, 6.07) is 9.94. The minimum Gasteiger partial charge on any atom is -0.419 e. The van der Waals surface area contributed by atoms with Gasteiger partial charge in [-0.05, 0) is 13.3 Å². The van der Waals surface area contributed by atoms with Gasteiger partial charge in [0.05, 0.1) is 18.1 Å². The number of benzene rings is 1. The molecular formula is C21H25N5O4S. The van der Waals surface area contributed by atoms with Crippen molar-refractivity contribution in [2.45, 2.75) is 25.9 Å². The van der Waals surface area contributed by atoms with E-state index >= 15 is 0 Å². The molecule has 0 N–H and O–H groups in total. The lowest BCUT2D eigenvalue weighted by atomic mass is 10.1. The Morgan fingerprint density at radius 3 is 2.58 bits per heavy atom. The van der Waals surface area contributed by atoms with Crippen LogP contribution in [0.15, 0.2) is 39.3 Å². The van der Waals surface area contributed by atoms with Gasteiger partial charge in [-0.3, -0.25) is 9.80 Å². The largest absolute Gasteiger partial charge is 0.419 e. The van der Waals surface area contributed by atoms with Crippen LogP contribution in [-0.4, -0.2) is 77.3 Å². The minimum absolute atomic E-state index is 0.162. The van der Waals surface area contributed by atoms with Crippen LogP contribution in [0.2, 0.25) is 0 Å². The van der Waals surface area contributed by atoms with E-state index in [1.165, 1.54) is 0 Å². The second-order valence-electron chi connectivity index (χ2n) is 8.20. The Morgan fingerprint density at radius 1 is 1.10 bits per heavy atom. The SMILES string of the molecule is Cc1onc(-c2ccccc2)c1-c1nnc(CN2CCN(C3CCS(=O)(=O)C3)CC2)o1. The standard InChI is InChI=1S/C21H25N5O4S/c1-15-19(20(24-30-15)16-5-3-2-4-6-16)21-23-22-18(29-21)13-25-8-10-26(11-9-25)17-7-12-31(27,28)14-17/h2-6,17H,7-14H2,1H3. The normalized spacial score (nSPS) is 22.2. The van der Waals surface area contributed by atoms with Crippen molar-refractivity contribution in [1.82, 2.24) is 25.2 Å². The van der Waals surface area contributed by atoms with E-state index in [0.29, 0.717) is 41.3 Å². The van der Waals surface area contributed by atoms with Gasteiger partial charge >= 0.3 is 0 Å². The van der Waals surface area contributed by atoms with E-state index in [4.69, 9.17) is 8.94 Å². The lowest BCUT2D eigenvalue weighted by molar-refractivity contribution is 0.0944. The molecule has 2 saturated heterocycles. The molecule has 0 bridgehead atoms. The number of sulfone groups is 1. The summed E-state index contributed by atoms with van der Waals surface area (Å²) in [7, 11) is -2.85. The van der Waals surface area contributed by atoms with Crippen LogP contribution >= 0.6 is 0 Å². The fraction of sp³-hybridized carbons (Fsp3) is 0.476. The van der Waals surface area contributed by atoms with E-state index in [-0.39, 0.29) is 6.04 Å². The summed E-state index contributed by atoms with van der Waals surface area (Å²) < 4.78 is 34.9. The molecule has 10 heteroatoms. The van der Waals surface area contributed by atoms with Crippen molar-refractivity contribution in [3.05, 3.63) is 42.0 Å². The predicted octanol–water partition coefficient (Wildman–Crippen LogP) is 2.00. The maximum Gasteiger partial charge on any atom is 0.253 e. The third-order valence-electron chi connectivity index (χ3n) is 6.08. The highest BCUT2D eigenvalue weighted by atomic mass is 32.2. The first-order valence-electron chi connectivity index (χ1n) is 10.5. The first-order chi connectivity index (χ1) is 15.0. The zero-order valence-electron chi connectivity index (χ0n) is 17.4. The topological polar surface area (TPSA) is 106 Å². The molecule has 4 heterocycles. The smallest absolute Gasteiger partial charge is 0.253 e. The van der Waals surface area contributed by atoms with Crippen molar-refractivity contribution in [3.8, 4) is 22.7 Å². The summed E-state index contributed by atoms with van der Waals surface area (Å²) in [5, 5.41) is 12.7. The molecule has 1 atom stereocenters. The Kier molecular flexibility index (Phi) is 5.37. The molecule has 164 valence electrons. The first kappa shape index (κ1) is 20.3. The van der Waals surface area contributed by atoms with Gasteiger partial charge in [-0.25, -0.2) is 8.42 Å². The predicted molar refractivity (Wildman–Crippen MR) is 114 cm³/mol. The van der Waals surface area contributed by atoms with Gasteiger partial charge in [0.1, 0.15) is 17.0 Å². The maximum absolute atomic E-state index is 11.8. The maximum atomic E-state index is 11.8. The quantitative estimate of drug-likeness (QED) is 0.585. The van der Waals surface area contributed by atoms with E-state index in [0.717, 1.165) is 43.7 Å². The number of aromatic nitrogens is 3. The monoisotopic (exact) mass is 443 g/mol. The Balaban J connectivity index is 1.24. The Labute approximate surface area is 180 Å². The Morgan fingerprint density at radius 2 is 1.87 bits per heavy atom. The van der Waals surface area contributed by atoms with Gasteiger partial charge in [0.25, 0.3) is 5.89 Å². The number of hydrogen-bond donors (Lipinski definition) is 0. The van der Waals surface area contributed by atoms with E-state index in [1.54, 1.807) is 0 Å². The van der Waals surface area contributed by atoms with Crippen LogP contribution in [0, 0.1) is 6.92 Å². The van der Waals surface area contributed by atoms with E-state index < -0.39 is 9.84 Å². The molecule has 2 aromatic heterocycles. The van der Waals surface area contributed by atoms with Crippen molar-refractivity contribution in [2.24, 2.45) is 0 Å². The van der Waals surface area contributed by atoms with Gasteiger partial charge < -0.3 is 8.94 Å². The van der Waals surface area contributed by atoms with E-state index in [9.17, 15) is 8.42 Å². The fourth-order valence-corrected chi connectivity index (χ4v) is 6.14. The highest BCUT2D eigenvalue weighted by molar-refractivity contribution is 7.91. The highest BCUT2D eigenvalue weighted by Gasteiger charge is 2.34. The van der Waals surface area contributed by atoms with Crippen LogP contribution in [0.3, 0.4) is 0 Å². The van der Waals surface area contributed by atoms with Crippen LogP contribution in [-0.2, 0) is 16.4 Å². The van der Waals surface area contributed by atoms with Crippen molar-refractivity contribution < 1.29 is 17.4 Å². The molecule has 2 aliphatic rings. The first-order valence-corrected chi connectivity index (χ1v) is 12.3. The van der Waals surface area contributed by atoms with Crippen LogP contribution in [0.5, 0.6) is 0 Å². The highest BCUT2D eigenvalue weighted by Crippen LogP contribution is 2.33. The molecule has 0 amide bonds. The summed E-state index contributed by atoms with van der Waals surface area (Å²) in [6.07, 6.45) is 0.747. The third kappa shape index (κ3) is 4.28. The molecule has 0 spiro atoms. The zero-order chi connectivity index (χ0) is 21.4. The van der Waals surface area contributed by atoms with Crippen molar-refractivity contribution in [1.29, 1.82) is 0 Å². The fourth-order valence-electron chi connectivity index (χ4n) is 4.38. The summed E-state index contributed by atoms with van der Waals surface area (Å²) >= 11 is 0. The van der Waals surface area contributed by atoms with Crippen molar-refractivity contribution in [2.75, 3.05) is 37.7 Å². The van der Waals surface area contributed by atoms with E-state index in [2.05, 4.69) is 25.2 Å². The van der Waals surface area contributed by atoms with Crippen molar-refractivity contribution in [3.63, 3.8) is 0 Å². The minimum atomic E-state index is -2.85. The molecule has 3 aromatic rings. The zero-order valence-corrected chi connectivity index (χ0v) is 18.2. The molecule has 2 fully saturated rings. The van der Waals surface area contributed by atoms with Gasteiger partial charge in [-0.1, -0.05) is 35.5 Å². The van der Waals surface area contributed by atoms with E-state index in [1.807, 2.05) is 37.3 Å². The number of hydrogen-bond acceptors (Lipinski definition) is 9.